The van der Waals surface area contributed by atoms with Gasteiger partial charge in [-0.25, -0.2) is 0 Å². The minimum Gasteiger partial charge on any atom is -0.289 e. The van der Waals surface area contributed by atoms with E-state index in [1.807, 2.05) is 6.92 Å². The van der Waals surface area contributed by atoms with Crippen LogP contribution in [0.1, 0.15) is 39.0 Å². The zero-order valence-electron chi connectivity index (χ0n) is 11.9. The summed E-state index contributed by atoms with van der Waals surface area (Å²) in [5.74, 6) is -1.22. The zero-order chi connectivity index (χ0) is 15.4. The first-order chi connectivity index (χ1) is 9.97. The summed E-state index contributed by atoms with van der Waals surface area (Å²) >= 11 is 0. The molecule has 2 aliphatic rings. The number of carbonyl (C=O) groups excluding carboxylic acids is 4. The van der Waals surface area contributed by atoms with Gasteiger partial charge >= 0.3 is 0 Å². The van der Waals surface area contributed by atoms with Gasteiger partial charge in [0.05, 0.1) is 0 Å². The maximum absolute atomic E-state index is 11.5. The Morgan fingerprint density at radius 1 is 0.905 bits per heavy atom. The van der Waals surface area contributed by atoms with Gasteiger partial charge in [-0.1, -0.05) is 19.8 Å². The van der Waals surface area contributed by atoms with E-state index in [0.717, 1.165) is 25.7 Å². The van der Waals surface area contributed by atoms with Gasteiger partial charge in [-0.05, 0) is 25.2 Å². The number of rotatable bonds is 7. The van der Waals surface area contributed by atoms with E-state index >= 15 is 0 Å². The molecule has 2 rings (SSSR count). The second-order valence-electron chi connectivity index (χ2n) is 5.41. The normalized spacial score (nSPS) is 19.3. The molecule has 0 spiro atoms. The van der Waals surface area contributed by atoms with Gasteiger partial charge in [0, 0.05) is 23.3 Å². The molecular formula is C15H18N2O4. The van der Waals surface area contributed by atoms with E-state index in [-0.39, 0.29) is 29.5 Å². The van der Waals surface area contributed by atoms with Crippen molar-refractivity contribution in [3.63, 3.8) is 0 Å². The summed E-state index contributed by atoms with van der Waals surface area (Å²) in [6.07, 6.45) is 6.76. The lowest BCUT2D eigenvalue weighted by molar-refractivity contribution is -0.125. The molecule has 1 unspecified atom stereocenters. The van der Waals surface area contributed by atoms with Crippen molar-refractivity contribution in [1.82, 2.24) is 10.6 Å². The van der Waals surface area contributed by atoms with E-state index in [1.54, 1.807) is 0 Å². The number of hydrogen-bond donors (Lipinski definition) is 2. The summed E-state index contributed by atoms with van der Waals surface area (Å²) in [7, 11) is 0. The standard InChI is InChI=1S/C15H18N2O4/c1-9(11-8-13(19)17-15(11)21)5-3-2-4-6-10-7-12(18)16-14(10)20/h7-9H,2-6H2,1H3,(H,16,18,20)(H,17,19,21). The monoisotopic (exact) mass is 290 g/mol. The Morgan fingerprint density at radius 2 is 1.57 bits per heavy atom. The molecule has 2 N–H and O–H groups in total. The smallest absolute Gasteiger partial charge is 0.254 e. The Balaban J connectivity index is 1.66. The highest BCUT2D eigenvalue weighted by molar-refractivity contribution is 6.16. The Kier molecular flexibility index (Phi) is 4.67. The summed E-state index contributed by atoms with van der Waals surface area (Å²) in [6.45, 7) is 1.93. The number of amides is 4. The topological polar surface area (TPSA) is 92.3 Å². The molecule has 6 heteroatoms. The van der Waals surface area contributed by atoms with Gasteiger partial charge in [0.15, 0.2) is 0 Å². The molecule has 6 nitrogen and oxygen atoms in total. The van der Waals surface area contributed by atoms with Crippen molar-refractivity contribution in [2.45, 2.75) is 39.0 Å². The van der Waals surface area contributed by atoms with Gasteiger partial charge in [-0.15, -0.1) is 0 Å². The molecule has 0 saturated heterocycles. The van der Waals surface area contributed by atoms with Crippen molar-refractivity contribution in [3.05, 3.63) is 23.3 Å². The van der Waals surface area contributed by atoms with Gasteiger partial charge in [-0.3, -0.25) is 29.8 Å². The van der Waals surface area contributed by atoms with Gasteiger partial charge < -0.3 is 0 Å². The highest BCUT2D eigenvalue weighted by Gasteiger charge is 2.25. The Morgan fingerprint density at radius 3 is 2.14 bits per heavy atom. The summed E-state index contributed by atoms with van der Waals surface area (Å²) in [5, 5.41) is 4.46. The molecule has 2 aliphatic heterocycles. The molecule has 0 radical (unpaired) electrons. The van der Waals surface area contributed by atoms with Crippen molar-refractivity contribution in [2.75, 3.05) is 0 Å². The fourth-order valence-corrected chi connectivity index (χ4v) is 2.53. The molecule has 0 fully saturated rings. The van der Waals surface area contributed by atoms with Gasteiger partial charge in [0.25, 0.3) is 23.6 Å². The summed E-state index contributed by atoms with van der Waals surface area (Å²) < 4.78 is 0. The largest absolute Gasteiger partial charge is 0.289 e. The van der Waals surface area contributed by atoms with E-state index in [2.05, 4.69) is 10.6 Å². The van der Waals surface area contributed by atoms with Crippen LogP contribution in [0.15, 0.2) is 23.3 Å². The predicted molar refractivity (Wildman–Crippen MR) is 74.7 cm³/mol. The van der Waals surface area contributed by atoms with Crippen molar-refractivity contribution < 1.29 is 19.2 Å². The molecule has 1 atom stereocenters. The minimum absolute atomic E-state index is 0.0482. The third kappa shape index (κ3) is 3.87. The van der Waals surface area contributed by atoms with Crippen molar-refractivity contribution in [1.29, 1.82) is 0 Å². The first kappa shape index (κ1) is 15.2. The van der Waals surface area contributed by atoms with Crippen LogP contribution in [0.5, 0.6) is 0 Å². The quantitative estimate of drug-likeness (QED) is 0.534. The van der Waals surface area contributed by atoms with Crippen LogP contribution in [-0.2, 0) is 19.2 Å². The molecule has 0 aromatic rings. The average Bonchev–Trinajstić information content (AvgIpc) is 2.91. The van der Waals surface area contributed by atoms with Crippen LogP contribution in [0.3, 0.4) is 0 Å². The molecule has 21 heavy (non-hydrogen) atoms. The van der Waals surface area contributed by atoms with Crippen LogP contribution in [0, 0.1) is 5.92 Å². The van der Waals surface area contributed by atoms with Crippen molar-refractivity contribution in [2.24, 2.45) is 5.92 Å². The van der Waals surface area contributed by atoms with E-state index in [1.165, 1.54) is 12.2 Å². The molecule has 2 heterocycles. The Labute approximate surface area is 122 Å². The molecule has 4 amide bonds. The second kappa shape index (κ2) is 6.47. The summed E-state index contributed by atoms with van der Waals surface area (Å²) in [5.41, 5.74) is 1.08. The van der Waals surface area contributed by atoms with Crippen LogP contribution in [0.25, 0.3) is 0 Å². The van der Waals surface area contributed by atoms with E-state index in [0.29, 0.717) is 17.6 Å². The maximum Gasteiger partial charge on any atom is 0.254 e. The SMILES string of the molecule is CC(CCCCCC1=CC(=O)NC1=O)C1=CC(=O)NC1=O. The van der Waals surface area contributed by atoms with Gasteiger partial charge in [0.2, 0.25) is 0 Å². The van der Waals surface area contributed by atoms with E-state index < -0.39 is 0 Å². The lowest BCUT2D eigenvalue weighted by Crippen LogP contribution is -2.23. The number of nitrogens with one attached hydrogen (secondary N) is 2. The molecule has 0 aromatic carbocycles. The lowest BCUT2D eigenvalue weighted by Gasteiger charge is -2.10. The van der Waals surface area contributed by atoms with Crippen LogP contribution < -0.4 is 10.6 Å². The van der Waals surface area contributed by atoms with Crippen molar-refractivity contribution in [3.8, 4) is 0 Å². The number of unbranched alkanes of at least 4 members (excludes halogenated alkanes) is 2. The molecular weight excluding hydrogens is 272 g/mol. The van der Waals surface area contributed by atoms with Gasteiger partial charge in [0.1, 0.15) is 0 Å². The highest BCUT2D eigenvalue weighted by atomic mass is 16.2. The Hall–Kier alpha value is -2.24. The van der Waals surface area contributed by atoms with Crippen molar-refractivity contribution >= 4 is 23.6 Å². The fourth-order valence-electron chi connectivity index (χ4n) is 2.53. The lowest BCUT2D eigenvalue weighted by atomic mass is 9.94. The van der Waals surface area contributed by atoms with Crippen LogP contribution >= 0.6 is 0 Å². The first-order valence-corrected chi connectivity index (χ1v) is 7.10. The zero-order valence-corrected chi connectivity index (χ0v) is 11.9. The minimum atomic E-state index is -0.342. The third-order valence-corrected chi connectivity index (χ3v) is 3.73. The van der Waals surface area contributed by atoms with Gasteiger partial charge in [-0.2, -0.15) is 0 Å². The van der Waals surface area contributed by atoms with E-state index in [4.69, 9.17) is 0 Å². The molecule has 0 aromatic heterocycles. The molecule has 0 aliphatic carbocycles. The predicted octanol–water partition coefficient (Wildman–Crippen LogP) is 0.739. The van der Waals surface area contributed by atoms with Crippen LogP contribution in [0.4, 0.5) is 0 Å². The number of carbonyl (C=O) groups is 4. The fraction of sp³-hybridized carbons (Fsp3) is 0.467. The second-order valence-corrected chi connectivity index (χ2v) is 5.41. The molecule has 0 bridgehead atoms. The Bertz CT molecular complexity index is 560. The van der Waals surface area contributed by atoms with Crippen LogP contribution in [0.2, 0.25) is 0 Å². The highest BCUT2D eigenvalue weighted by Crippen LogP contribution is 2.22. The summed E-state index contributed by atoms with van der Waals surface area (Å²) in [6, 6.07) is 0. The van der Waals surface area contributed by atoms with E-state index in [9.17, 15) is 19.2 Å². The average molecular weight is 290 g/mol. The number of hydrogen-bond acceptors (Lipinski definition) is 4. The van der Waals surface area contributed by atoms with Crippen LogP contribution in [-0.4, -0.2) is 23.6 Å². The molecule has 0 saturated carbocycles. The maximum atomic E-state index is 11.5. The first-order valence-electron chi connectivity index (χ1n) is 7.10. The molecule has 112 valence electrons. The summed E-state index contributed by atoms with van der Waals surface area (Å²) in [4.78, 5) is 44.8. The third-order valence-electron chi connectivity index (χ3n) is 3.73. The number of imide groups is 2.